The lowest BCUT2D eigenvalue weighted by Gasteiger charge is -2.13. The lowest BCUT2D eigenvalue weighted by Crippen LogP contribution is -2.17. The molecule has 0 aliphatic heterocycles. The number of fused-ring (bicyclic) bond motifs is 2. The van der Waals surface area contributed by atoms with E-state index in [0.29, 0.717) is 48.5 Å². The van der Waals surface area contributed by atoms with E-state index in [0.717, 1.165) is 5.39 Å². The average Bonchev–Trinajstić information content (AvgIpc) is 3.05. The Labute approximate surface area is 159 Å². The second-order valence-electron chi connectivity index (χ2n) is 6.51. The van der Waals surface area contributed by atoms with Gasteiger partial charge in [-0.3, -0.25) is 4.79 Å². The molecule has 146 valence electrons. The molecule has 0 saturated heterocycles. The molecule has 9 heteroatoms. The van der Waals surface area contributed by atoms with Gasteiger partial charge in [0.25, 0.3) is 0 Å². The summed E-state index contributed by atoms with van der Waals surface area (Å²) in [6, 6.07) is 6.19. The molecule has 0 spiro atoms. The molecular weight excluding hydrogens is 362 g/mol. The lowest BCUT2D eigenvalue weighted by atomic mass is 10.0. The van der Waals surface area contributed by atoms with Crippen molar-refractivity contribution in [1.82, 2.24) is 14.9 Å². The van der Waals surface area contributed by atoms with E-state index in [9.17, 15) is 15.0 Å². The molecule has 0 aliphatic rings. The summed E-state index contributed by atoms with van der Waals surface area (Å²) < 4.78 is 1.50. The Kier molecular flexibility index (Phi) is 4.63. The van der Waals surface area contributed by atoms with Gasteiger partial charge in [-0.2, -0.15) is 5.10 Å². The normalized spacial score (nSPS) is 11.8. The SMILES string of the molecule is NCCNc1ccc2c(CNCCO)nn3c4c(O)ccc(=O)c4c(O)c1c23. The van der Waals surface area contributed by atoms with Gasteiger partial charge >= 0.3 is 0 Å². The summed E-state index contributed by atoms with van der Waals surface area (Å²) in [5.74, 6) is -0.352. The van der Waals surface area contributed by atoms with Crippen LogP contribution in [-0.2, 0) is 6.54 Å². The quantitative estimate of drug-likeness (QED) is 0.197. The van der Waals surface area contributed by atoms with E-state index in [4.69, 9.17) is 10.8 Å². The van der Waals surface area contributed by atoms with Crippen molar-refractivity contribution in [3.63, 3.8) is 0 Å². The number of aromatic hydroxyl groups is 2. The van der Waals surface area contributed by atoms with Crippen molar-refractivity contribution in [2.45, 2.75) is 6.54 Å². The molecule has 0 amide bonds. The van der Waals surface area contributed by atoms with Gasteiger partial charge in [0.15, 0.2) is 5.43 Å². The third kappa shape index (κ3) is 2.68. The Bertz CT molecular complexity index is 1220. The van der Waals surface area contributed by atoms with Crippen molar-refractivity contribution < 1.29 is 15.3 Å². The molecule has 0 unspecified atom stereocenters. The molecule has 28 heavy (non-hydrogen) atoms. The minimum absolute atomic E-state index is 0.00518. The third-order valence-electron chi connectivity index (χ3n) is 4.77. The highest BCUT2D eigenvalue weighted by molar-refractivity contribution is 6.14. The summed E-state index contributed by atoms with van der Waals surface area (Å²) >= 11 is 0. The van der Waals surface area contributed by atoms with Crippen molar-refractivity contribution in [1.29, 1.82) is 0 Å². The Morgan fingerprint density at radius 2 is 1.89 bits per heavy atom. The molecule has 0 bridgehead atoms. The maximum Gasteiger partial charge on any atom is 0.192 e. The predicted molar refractivity (Wildman–Crippen MR) is 107 cm³/mol. The molecule has 0 fully saturated rings. The van der Waals surface area contributed by atoms with Crippen molar-refractivity contribution in [3.05, 3.63) is 40.2 Å². The van der Waals surface area contributed by atoms with Gasteiger partial charge in [-0.15, -0.1) is 0 Å². The number of hydrogen-bond donors (Lipinski definition) is 6. The van der Waals surface area contributed by atoms with Crippen LogP contribution in [0.2, 0.25) is 0 Å². The highest BCUT2D eigenvalue weighted by Crippen LogP contribution is 2.41. The zero-order valence-corrected chi connectivity index (χ0v) is 15.1. The number of phenolic OH excluding ortho intramolecular Hbond substituents is 1. The van der Waals surface area contributed by atoms with Crippen LogP contribution in [0, 0.1) is 0 Å². The molecule has 4 aromatic rings. The number of anilines is 1. The van der Waals surface area contributed by atoms with Crippen molar-refractivity contribution in [2.24, 2.45) is 5.73 Å². The summed E-state index contributed by atoms with van der Waals surface area (Å²) in [6.07, 6.45) is 0. The molecule has 2 aromatic carbocycles. The fraction of sp³-hybridized carbons (Fsp3) is 0.263. The lowest BCUT2D eigenvalue weighted by molar-refractivity contribution is 0.291. The number of phenols is 1. The minimum Gasteiger partial charge on any atom is -0.506 e. The maximum absolute atomic E-state index is 12.5. The van der Waals surface area contributed by atoms with Crippen LogP contribution in [0.4, 0.5) is 5.69 Å². The Morgan fingerprint density at radius 3 is 2.64 bits per heavy atom. The van der Waals surface area contributed by atoms with Crippen LogP contribution in [0.1, 0.15) is 5.69 Å². The van der Waals surface area contributed by atoms with Gasteiger partial charge in [-0.25, -0.2) is 4.52 Å². The predicted octanol–water partition coefficient (Wildman–Crippen LogP) is 0.302. The molecule has 9 nitrogen and oxygen atoms in total. The van der Waals surface area contributed by atoms with Crippen LogP contribution in [0.15, 0.2) is 29.1 Å². The van der Waals surface area contributed by atoms with Crippen LogP contribution in [0.5, 0.6) is 11.5 Å². The van der Waals surface area contributed by atoms with Crippen LogP contribution in [0.3, 0.4) is 0 Å². The molecular formula is C19H21N5O4. The molecule has 0 saturated carbocycles. The second kappa shape index (κ2) is 7.12. The first-order valence-corrected chi connectivity index (χ1v) is 8.98. The van der Waals surface area contributed by atoms with Crippen LogP contribution >= 0.6 is 0 Å². The van der Waals surface area contributed by atoms with Gasteiger partial charge < -0.3 is 31.7 Å². The first-order chi connectivity index (χ1) is 13.6. The van der Waals surface area contributed by atoms with Crippen LogP contribution in [0.25, 0.3) is 27.2 Å². The Hall–Kier alpha value is -3.14. The van der Waals surface area contributed by atoms with Gasteiger partial charge in [0.1, 0.15) is 17.0 Å². The summed E-state index contributed by atoms with van der Waals surface area (Å²) in [5.41, 5.74) is 7.23. The van der Waals surface area contributed by atoms with Gasteiger partial charge in [-0.05, 0) is 24.3 Å². The number of rotatable bonds is 7. The van der Waals surface area contributed by atoms with E-state index < -0.39 is 5.43 Å². The van der Waals surface area contributed by atoms with Gasteiger partial charge in [0.05, 0.1) is 28.6 Å². The topological polar surface area (TPSA) is 145 Å². The molecule has 4 rings (SSSR count). The smallest absolute Gasteiger partial charge is 0.192 e. The Balaban J connectivity index is 2.12. The summed E-state index contributed by atoms with van der Waals surface area (Å²) in [4.78, 5) is 12.5. The molecule has 0 radical (unpaired) electrons. The number of aliphatic hydroxyl groups excluding tert-OH is 1. The summed E-state index contributed by atoms with van der Waals surface area (Å²) in [5, 5.41) is 42.4. The maximum atomic E-state index is 12.5. The molecule has 2 aromatic heterocycles. The summed E-state index contributed by atoms with van der Waals surface area (Å²) in [6.45, 7) is 1.67. The van der Waals surface area contributed by atoms with Crippen LogP contribution in [-0.4, -0.2) is 51.2 Å². The molecule has 0 aliphatic carbocycles. The van der Waals surface area contributed by atoms with E-state index in [2.05, 4.69) is 15.7 Å². The number of aliphatic hydroxyl groups is 1. The monoisotopic (exact) mass is 383 g/mol. The fourth-order valence-electron chi connectivity index (χ4n) is 3.57. The van der Waals surface area contributed by atoms with E-state index in [1.165, 1.54) is 16.6 Å². The van der Waals surface area contributed by atoms with Crippen molar-refractivity contribution >= 4 is 32.9 Å². The van der Waals surface area contributed by atoms with E-state index in [1.54, 1.807) is 0 Å². The standard InChI is InChI=1S/C19H21N5O4/c20-5-6-22-11-2-1-10-12(9-21-7-8-25)23-24-17(10)15(11)19(28)16-13(26)3-4-14(27)18(16)24/h1-4,21-22,25,27-28H,5-9,20H2. The number of benzene rings is 2. The van der Waals surface area contributed by atoms with Crippen molar-refractivity contribution in [2.75, 3.05) is 31.6 Å². The zero-order valence-electron chi connectivity index (χ0n) is 15.1. The number of pyridine rings is 1. The molecule has 0 atom stereocenters. The first kappa shape index (κ1) is 18.2. The number of aromatic nitrogens is 2. The minimum atomic E-state index is -0.409. The summed E-state index contributed by atoms with van der Waals surface area (Å²) in [7, 11) is 0. The molecule has 7 N–H and O–H groups in total. The van der Waals surface area contributed by atoms with Gasteiger partial charge in [0.2, 0.25) is 0 Å². The highest BCUT2D eigenvalue weighted by Gasteiger charge is 2.23. The van der Waals surface area contributed by atoms with Gasteiger partial charge in [0, 0.05) is 37.3 Å². The fourth-order valence-corrected chi connectivity index (χ4v) is 3.57. The Morgan fingerprint density at radius 1 is 1.07 bits per heavy atom. The third-order valence-corrected chi connectivity index (χ3v) is 4.77. The largest absolute Gasteiger partial charge is 0.506 e. The van der Waals surface area contributed by atoms with E-state index in [1.807, 2.05) is 12.1 Å². The van der Waals surface area contributed by atoms with E-state index in [-0.39, 0.29) is 29.0 Å². The highest BCUT2D eigenvalue weighted by atomic mass is 16.3. The number of nitrogens with zero attached hydrogens (tertiary/aromatic N) is 2. The van der Waals surface area contributed by atoms with Crippen molar-refractivity contribution in [3.8, 4) is 11.5 Å². The second-order valence-corrected chi connectivity index (χ2v) is 6.51. The molecule has 2 heterocycles. The number of nitrogens with two attached hydrogens (primary N) is 1. The zero-order chi connectivity index (χ0) is 19.8. The number of nitrogens with one attached hydrogen (secondary N) is 2. The van der Waals surface area contributed by atoms with E-state index >= 15 is 0 Å². The first-order valence-electron chi connectivity index (χ1n) is 8.98. The average molecular weight is 383 g/mol. The van der Waals surface area contributed by atoms with Gasteiger partial charge in [-0.1, -0.05) is 0 Å². The van der Waals surface area contributed by atoms with Crippen LogP contribution < -0.4 is 21.8 Å². The number of hydrogen-bond acceptors (Lipinski definition) is 8.